The lowest BCUT2D eigenvalue weighted by Crippen LogP contribution is -2.27. The normalized spacial score (nSPS) is 13.7. The number of hydrogen-bond acceptors (Lipinski definition) is 5. The molecule has 0 aliphatic carbocycles. The molecule has 1 amide bonds. The van der Waals surface area contributed by atoms with Crippen molar-refractivity contribution in [2.24, 2.45) is 0 Å². The predicted molar refractivity (Wildman–Crippen MR) is 96.7 cm³/mol. The van der Waals surface area contributed by atoms with Gasteiger partial charge in [0.25, 0.3) is 5.91 Å². The largest absolute Gasteiger partial charge is 0.465 e. The highest BCUT2D eigenvalue weighted by molar-refractivity contribution is 7.98. The van der Waals surface area contributed by atoms with Gasteiger partial charge in [-0.05, 0) is 42.7 Å². The van der Waals surface area contributed by atoms with Gasteiger partial charge in [-0.3, -0.25) is 4.79 Å². The minimum absolute atomic E-state index is 0.0694. The Morgan fingerprint density at radius 1 is 1.08 bits per heavy atom. The van der Waals surface area contributed by atoms with Crippen LogP contribution in [0.15, 0.2) is 47.6 Å². The zero-order valence-corrected chi connectivity index (χ0v) is 14.9. The Morgan fingerprint density at radius 2 is 1.76 bits per heavy atom. The minimum atomic E-state index is -0.334. The van der Waals surface area contributed by atoms with Crippen molar-refractivity contribution in [1.82, 2.24) is 9.88 Å². The molecule has 1 fully saturated rings. The van der Waals surface area contributed by atoms with Crippen LogP contribution in [-0.2, 0) is 10.5 Å². The maximum Gasteiger partial charge on any atom is 0.337 e. The van der Waals surface area contributed by atoms with Crippen LogP contribution < -0.4 is 0 Å². The van der Waals surface area contributed by atoms with E-state index in [0.29, 0.717) is 11.1 Å². The minimum Gasteiger partial charge on any atom is -0.465 e. The summed E-state index contributed by atoms with van der Waals surface area (Å²) in [6.07, 6.45) is 3.83. The lowest BCUT2D eigenvalue weighted by atomic mass is 10.1. The highest BCUT2D eigenvalue weighted by atomic mass is 32.2. The van der Waals surface area contributed by atoms with E-state index in [0.717, 1.165) is 42.3 Å². The van der Waals surface area contributed by atoms with Crippen molar-refractivity contribution < 1.29 is 14.3 Å². The van der Waals surface area contributed by atoms with Gasteiger partial charge in [0.2, 0.25) is 0 Å². The molecule has 1 aromatic carbocycles. The average molecular weight is 356 g/mol. The first-order valence-corrected chi connectivity index (χ1v) is 9.21. The molecule has 1 saturated heterocycles. The summed E-state index contributed by atoms with van der Waals surface area (Å²) in [5.41, 5.74) is 2.28. The number of thioether (sulfide) groups is 1. The molecule has 6 heteroatoms. The monoisotopic (exact) mass is 356 g/mol. The fourth-order valence-electron chi connectivity index (χ4n) is 2.71. The predicted octanol–water partition coefficient (Wildman–Crippen LogP) is 3.40. The van der Waals surface area contributed by atoms with Crippen LogP contribution in [0.3, 0.4) is 0 Å². The van der Waals surface area contributed by atoms with Crippen molar-refractivity contribution in [3.05, 3.63) is 59.3 Å². The van der Waals surface area contributed by atoms with Crippen LogP contribution in [0.1, 0.15) is 39.1 Å². The molecule has 0 bridgehead atoms. The fourth-order valence-corrected chi connectivity index (χ4v) is 3.51. The van der Waals surface area contributed by atoms with Gasteiger partial charge in [-0.2, -0.15) is 0 Å². The van der Waals surface area contributed by atoms with E-state index in [1.165, 1.54) is 7.11 Å². The van der Waals surface area contributed by atoms with Crippen molar-refractivity contribution >= 4 is 23.6 Å². The molecule has 0 atom stereocenters. The Kier molecular flexibility index (Phi) is 5.71. The second kappa shape index (κ2) is 8.16. The highest BCUT2D eigenvalue weighted by Gasteiger charge is 2.19. The van der Waals surface area contributed by atoms with E-state index in [4.69, 9.17) is 0 Å². The number of esters is 1. The van der Waals surface area contributed by atoms with Crippen LogP contribution >= 0.6 is 11.8 Å². The Bertz CT molecular complexity index is 738. The van der Waals surface area contributed by atoms with Crippen LogP contribution in [0.4, 0.5) is 0 Å². The topological polar surface area (TPSA) is 59.5 Å². The number of nitrogens with zero attached hydrogens (tertiary/aromatic N) is 2. The summed E-state index contributed by atoms with van der Waals surface area (Å²) in [7, 11) is 1.37. The van der Waals surface area contributed by atoms with E-state index in [1.807, 2.05) is 29.2 Å². The van der Waals surface area contributed by atoms with Gasteiger partial charge in [0.05, 0.1) is 23.3 Å². The van der Waals surface area contributed by atoms with Crippen LogP contribution in [0.25, 0.3) is 0 Å². The second-order valence-electron chi connectivity index (χ2n) is 5.86. The van der Waals surface area contributed by atoms with E-state index in [1.54, 1.807) is 30.1 Å². The van der Waals surface area contributed by atoms with Gasteiger partial charge in [0, 0.05) is 25.0 Å². The number of likely N-dealkylation sites (tertiary alicyclic amines) is 1. The molecule has 0 radical (unpaired) electrons. The number of rotatable bonds is 5. The SMILES string of the molecule is COC(=O)c1ccc(CSc2ccc(C(=O)N3CCCC3)cn2)cc1. The molecule has 130 valence electrons. The third-order valence-corrected chi connectivity index (χ3v) is 5.15. The summed E-state index contributed by atoms with van der Waals surface area (Å²) in [4.78, 5) is 30.0. The molecule has 0 saturated carbocycles. The molecule has 0 N–H and O–H groups in total. The quantitative estimate of drug-likeness (QED) is 0.607. The number of benzene rings is 1. The molecular formula is C19H20N2O3S. The lowest BCUT2D eigenvalue weighted by Gasteiger charge is -2.14. The third-order valence-electron chi connectivity index (χ3n) is 4.14. The Balaban J connectivity index is 1.56. The van der Waals surface area contributed by atoms with Gasteiger partial charge >= 0.3 is 5.97 Å². The molecule has 0 unspecified atom stereocenters. The van der Waals surface area contributed by atoms with Gasteiger partial charge in [0.15, 0.2) is 0 Å². The zero-order valence-electron chi connectivity index (χ0n) is 14.1. The van der Waals surface area contributed by atoms with Gasteiger partial charge in [0.1, 0.15) is 0 Å². The van der Waals surface area contributed by atoms with E-state index in [2.05, 4.69) is 9.72 Å². The molecule has 3 rings (SSSR count). The van der Waals surface area contributed by atoms with Crippen molar-refractivity contribution in [2.75, 3.05) is 20.2 Å². The maximum atomic E-state index is 12.3. The Morgan fingerprint density at radius 3 is 2.36 bits per heavy atom. The lowest BCUT2D eigenvalue weighted by molar-refractivity contribution is 0.0600. The van der Waals surface area contributed by atoms with Crippen molar-refractivity contribution in [2.45, 2.75) is 23.6 Å². The van der Waals surface area contributed by atoms with Gasteiger partial charge < -0.3 is 9.64 Å². The molecular weight excluding hydrogens is 336 g/mol. The number of hydrogen-bond donors (Lipinski definition) is 0. The number of ether oxygens (including phenoxy) is 1. The van der Waals surface area contributed by atoms with Crippen LogP contribution in [-0.4, -0.2) is 42.0 Å². The number of carbonyl (C=O) groups excluding carboxylic acids is 2. The number of pyridine rings is 1. The standard InChI is InChI=1S/C19H20N2O3S/c1-24-19(23)15-6-4-14(5-7-15)13-25-17-9-8-16(12-20-17)18(22)21-10-2-3-11-21/h4-9,12H,2-3,10-11,13H2,1H3. The van der Waals surface area contributed by atoms with Crippen molar-refractivity contribution in [3.63, 3.8) is 0 Å². The van der Waals surface area contributed by atoms with E-state index >= 15 is 0 Å². The summed E-state index contributed by atoms with van der Waals surface area (Å²) < 4.78 is 4.69. The smallest absolute Gasteiger partial charge is 0.337 e. The first-order valence-electron chi connectivity index (χ1n) is 8.23. The highest BCUT2D eigenvalue weighted by Crippen LogP contribution is 2.22. The summed E-state index contributed by atoms with van der Waals surface area (Å²) in [6.45, 7) is 1.69. The van der Waals surface area contributed by atoms with Crippen LogP contribution in [0.2, 0.25) is 0 Å². The maximum absolute atomic E-state index is 12.3. The first kappa shape index (κ1) is 17.5. The molecule has 25 heavy (non-hydrogen) atoms. The van der Waals surface area contributed by atoms with E-state index in [9.17, 15) is 9.59 Å². The zero-order chi connectivity index (χ0) is 17.6. The van der Waals surface area contributed by atoms with Crippen LogP contribution in [0.5, 0.6) is 0 Å². The number of aromatic nitrogens is 1. The first-order chi connectivity index (χ1) is 12.2. The molecule has 5 nitrogen and oxygen atoms in total. The Hall–Kier alpha value is -2.34. The molecule has 2 aromatic rings. The van der Waals surface area contributed by atoms with Crippen molar-refractivity contribution in [1.29, 1.82) is 0 Å². The van der Waals surface area contributed by atoms with E-state index in [-0.39, 0.29) is 11.9 Å². The number of carbonyl (C=O) groups is 2. The van der Waals surface area contributed by atoms with Gasteiger partial charge in [-0.15, -0.1) is 11.8 Å². The van der Waals surface area contributed by atoms with Crippen molar-refractivity contribution in [3.8, 4) is 0 Å². The average Bonchev–Trinajstić information content (AvgIpc) is 3.21. The summed E-state index contributed by atoms with van der Waals surface area (Å²) in [5.74, 6) is 0.479. The summed E-state index contributed by atoms with van der Waals surface area (Å²) in [5, 5.41) is 0.870. The molecule has 0 spiro atoms. The van der Waals surface area contributed by atoms with E-state index < -0.39 is 0 Å². The molecule has 2 heterocycles. The van der Waals surface area contributed by atoms with Gasteiger partial charge in [-0.25, -0.2) is 9.78 Å². The fraction of sp³-hybridized carbons (Fsp3) is 0.316. The number of amides is 1. The molecule has 1 aromatic heterocycles. The molecule has 1 aliphatic rings. The number of methoxy groups -OCH3 is 1. The summed E-state index contributed by atoms with van der Waals surface area (Å²) in [6, 6.07) is 11.1. The third kappa shape index (κ3) is 4.39. The van der Waals surface area contributed by atoms with Gasteiger partial charge in [-0.1, -0.05) is 12.1 Å². The molecule has 1 aliphatic heterocycles. The Labute approximate surface area is 151 Å². The second-order valence-corrected chi connectivity index (χ2v) is 6.86. The summed E-state index contributed by atoms with van der Waals surface area (Å²) >= 11 is 1.59. The van der Waals surface area contributed by atoms with Crippen LogP contribution in [0, 0.1) is 0 Å².